The molecule has 206 valence electrons. The summed E-state index contributed by atoms with van der Waals surface area (Å²) >= 11 is 4.20. The van der Waals surface area contributed by atoms with Crippen molar-refractivity contribution >= 4 is 56.8 Å². The van der Waals surface area contributed by atoms with Gasteiger partial charge < -0.3 is 15.6 Å². The molecule has 1 amide bonds. The Labute approximate surface area is 248 Å². The van der Waals surface area contributed by atoms with Crippen LogP contribution in [0.5, 0.6) is 5.75 Å². The Kier molecular flexibility index (Phi) is 7.72. The van der Waals surface area contributed by atoms with Gasteiger partial charge in [0.05, 0.1) is 4.21 Å². The van der Waals surface area contributed by atoms with Crippen LogP contribution >= 0.6 is 34.9 Å². The predicted octanol–water partition coefficient (Wildman–Crippen LogP) is 5.40. The van der Waals surface area contributed by atoms with E-state index in [1.807, 2.05) is 60.7 Å². The zero-order valence-electron chi connectivity index (χ0n) is 21.5. The summed E-state index contributed by atoms with van der Waals surface area (Å²) in [7, 11) is 0. The quantitative estimate of drug-likeness (QED) is 0.165. The number of nitrogens with zero attached hydrogens (tertiary/aromatic N) is 1. The van der Waals surface area contributed by atoms with Crippen molar-refractivity contribution in [3.8, 4) is 5.75 Å². The van der Waals surface area contributed by atoms with E-state index in [9.17, 15) is 19.5 Å². The first kappa shape index (κ1) is 27.3. The van der Waals surface area contributed by atoms with Crippen LogP contribution < -0.4 is 11.2 Å². The van der Waals surface area contributed by atoms with Crippen LogP contribution in [0.1, 0.15) is 17.2 Å². The molecule has 0 bridgehead atoms. The van der Waals surface area contributed by atoms with Gasteiger partial charge in [-0.15, -0.1) is 23.1 Å². The second-order valence-corrected chi connectivity index (χ2v) is 12.8. The maximum Gasteiger partial charge on any atom is 0.356 e. The third-order valence-corrected chi connectivity index (χ3v) is 10.2. The summed E-state index contributed by atoms with van der Waals surface area (Å²) in [5.74, 6) is -0.373. The summed E-state index contributed by atoms with van der Waals surface area (Å²) in [5, 5.41) is 11.8. The van der Waals surface area contributed by atoms with Crippen molar-refractivity contribution < 1.29 is 19.4 Å². The summed E-state index contributed by atoms with van der Waals surface area (Å²) in [6, 6.07) is 24.5. The van der Waals surface area contributed by atoms with Crippen molar-refractivity contribution in [2.75, 3.05) is 5.75 Å². The fourth-order valence-corrected chi connectivity index (χ4v) is 8.04. The van der Waals surface area contributed by atoms with E-state index in [1.165, 1.54) is 45.8 Å². The van der Waals surface area contributed by atoms with Crippen molar-refractivity contribution in [2.24, 2.45) is 5.73 Å². The molecule has 10 heteroatoms. The average molecular weight is 601 g/mol. The number of ether oxygens (including phenoxy) is 1. The minimum Gasteiger partial charge on any atom is -0.508 e. The number of nitrogens with two attached hydrogens (primary N) is 1. The Morgan fingerprint density at radius 2 is 1.71 bits per heavy atom. The molecule has 0 aliphatic carbocycles. The number of hydrogen-bond donors (Lipinski definition) is 2. The molecular formula is C31H24N2O5S3. The molecule has 2 aliphatic rings. The second-order valence-electron chi connectivity index (χ2n) is 9.45. The number of esters is 1. The van der Waals surface area contributed by atoms with E-state index in [1.54, 1.807) is 29.7 Å². The number of phenols is 1. The number of amides is 1. The molecule has 7 nitrogen and oxygen atoms in total. The molecule has 0 radical (unpaired) electrons. The highest BCUT2D eigenvalue weighted by Crippen LogP contribution is 2.41. The normalized spacial score (nSPS) is 18.6. The van der Waals surface area contributed by atoms with E-state index >= 15 is 0 Å². The summed E-state index contributed by atoms with van der Waals surface area (Å²) in [6.07, 6.45) is 1.12. The Hall–Kier alpha value is -3.83. The number of benzene rings is 3. The molecule has 4 aromatic rings. The minimum absolute atomic E-state index is 0.0923. The van der Waals surface area contributed by atoms with Gasteiger partial charge in [0.2, 0.25) is 5.91 Å². The highest BCUT2D eigenvalue weighted by molar-refractivity contribution is 8.04. The number of allylic oxidation sites excluding steroid dienone is 1. The van der Waals surface area contributed by atoms with E-state index in [0.29, 0.717) is 21.4 Å². The number of aromatic hydroxyl groups is 1. The highest BCUT2D eigenvalue weighted by Gasteiger charge is 2.52. The van der Waals surface area contributed by atoms with Crippen LogP contribution in [0.2, 0.25) is 0 Å². The van der Waals surface area contributed by atoms with E-state index in [0.717, 1.165) is 15.3 Å². The molecule has 1 fully saturated rings. The SMILES string of the molecule is N[C@@H]1C(=O)N2C(C(=O)OC(c3ccccc3)c3ccccc3)=C(/C=C/Sc3cc(=O)c4ccc(O)cc4s3)CS[C@H]12. The maximum atomic E-state index is 13.8. The Morgan fingerprint density at radius 1 is 1.02 bits per heavy atom. The van der Waals surface area contributed by atoms with E-state index in [2.05, 4.69) is 0 Å². The number of β-lactam (4-membered cyclic amide) rings is 1. The van der Waals surface area contributed by atoms with Crippen molar-refractivity contribution in [1.82, 2.24) is 4.90 Å². The Morgan fingerprint density at radius 3 is 2.39 bits per heavy atom. The van der Waals surface area contributed by atoms with Crippen molar-refractivity contribution in [1.29, 1.82) is 0 Å². The molecule has 3 heterocycles. The standard InChI is InChI=1S/C31H24N2O5S3/c32-26-29(36)33-27(31(37)38-28(18-7-3-1-4-8-18)19-9-5-2-6-10-19)20(17-40-30(26)33)13-14-39-25-16-23(35)22-12-11-21(34)15-24(22)41-25/h1-16,26,28,30,34H,17,32H2/b14-13+/t26-,30-/m1/s1. The van der Waals surface area contributed by atoms with Gasteiger partial charge in [-0.3, -0.25) is 14.5 Å². The van der Waals surface area contributed by atoms with Gasteiger partial charge in [0.1, 0.15) is 22.9 Å². The minimum atomic E-state index is -0.673. The Balaban J connectivity index is 1.32. The third-order valence-electron chi connectivity index (χ3n) is 6.81. The lowest BCUT2D eigenvalue weighted by molar-refractivity contribution is -0.153. The zero-order chi connectivity index (χ0) is 28.5. The van der Waals surface area contributed by atoms with Crippen LogP contribution in [0.15, 0.2) is 117 Å². The maximum absolute atomic E-state index is 13.8. The molecule has 1 saturated heterocycles. The van der Waals surface area contributed by atoms with Gasteiger partial charge >= 0.3 is 5.97 Å². The van der Waals surface area contributed by atoms with Gasteiger partial charge in [0.15, 0.2) is 11.5 Å². The predicted molar refractivity (Wildman–Crippen MR) is 164 cm³/mol. The summed E-state index contributed by atoms with van der Waals surface area (Å²) in [5.41, 5.74) is 8.36. The van der Waals surface area contributed by atoms with Crippen LogP contribution in [0.3, 0.4) is 0 Å². The molecule has 0 spiro atoms. The van der Waals surface area contributed by atoms with Crippen molar-refractivity contribution in [2.45, 2.75) is 21.7 Å². The van der Waals surface area contributed by atoms with Gasteiger partial charge in [-0.1, -0.05) is 72.4 Å². The average Bonchev–Trinajstić information content (AvgIpc) is 2.99. The molecule has 2 atom stereocenters. The number of fused-ring (bicyclic) bond motifs is 2. The van der Waals surface area contributed by atoms with Gasteiger partial charge in [-0.05, 0) is 46.4 Å². The molecule has 0 saturated carbocycles. The zero-order valence-corrected chi connectivity index (χ0v) is 24.0. The molecule has 3 aromatic carbocycles. The first-order chi connectivity index (χ1) is 19.9. The molecule has 0 unspecified atom stereocenters. The van der Waals surface area contributed by atoms with Crippen molar-refractivity contribution in [3.05, 3.63) is 129 Å². The lowest BCUT2D eigenvalue weighted by Gasteiger charge is -2.48. The van der Waals surface area contributed by atoms with Crippen LogP contribution in [-0.4, -0.2) is 39.1 Å². The van der Waals surface area contributed by atoms with Gasteiger partial charge in [0, 0.05) is 21.9 Å². The smallest absolute Gasteiger partial charge is 0.356 e. The molecule has 6 rings (SSSR count). The number of thioether (sulfide) groups is 2. The number of rotatable bonds is 7. The topological polar surface area (TPSA) is 110 Å². The fourth-order valence-electron chi connectivity index (χ4n) is 4.77. The summed E-state index contributed by atoms with van der Waals surface area (Å²) < 4.78 is 7.53. The highest BCUT2D eigenvalue weighted by atomic mass is 32.2. The van der Waals surface area contributed by atoms with E-state index in [4.69, 9.17) is 10.5 Å². The first-order valence-electron chi connectivity index (χ1n) is 12.7. The first-order valence-corrected chi connectivity index (χ1v) is 15.5. The largest absolute Gasteiger partial charge is 0.508 e. The lowest BCUT2D eigenvalue weighted by Crippen LogP contribution is -2.68. The van der Waals surface area contributed by atoms with Crippen molar-refractivity contribution in [3.63, 3.8) is 0 Å². The van der Waals surface area contributed by atoms with Crippen LogP contribution in [0.4, 0.5) is 0 Å². The summed E-state index contributed by atoms with van der Waals surface area (Å²) in [6.45, 7) is 0. The number of hydrogen-bond acceptors (Lipinski definition) is 9. The van der Waals surface area contributed by atoms with Crippen LogP contribution in [0, 0.1) is 0 Å². The van der Waals surface area contributed by atoms with E-state index in [-0.39, 0.29) is 28.2 Å². The molecule has 2 aliphatic heterocycles. The van der Waals surface area contributed by atoms with Gasteiger partial charge in [0.25, 0.3) is 0 Å². The molecule has 3 N–H and O–H groups in total. The second kappa shape index (κ2) is 11.6. The number of carbonyl (C=O) groups is 2. The Bertz CT molecular complexity index is 1710. The lowest BCUT2D eigenvalue weighted by atomic mass is 10.0. The fraction of sp³-hybridized carbons (Fsp3) is 0.129. The third kappa shape index (κ3) is 5.43. The van der Waals surface area contributed by atoms with Crippen LogP contribution in [-0.2, 0) is 14.3 Å². The number of phenolic OH excluding ortho intramolecular Hbond substituents is 1. The molecule has 41 heavy (non-hydrogen) atoms. The van der Waals surface area contributed by atoms with Crippen LogP contribution in [0.25, 0.3) is 10.1 Å². The van der Waals surface area contributed by atoms with Gasteiger partial charge in [-0.25, -0.2) is 4.79 Å². The number of carbonyl (C=O) groups excluding carboxylic acids is 2. The summed E-state index contributed by atoms with van der Waals surface area (Å²) in [4.78, 5) is 40.7. The van der Waals surface area contributed by atoms with Gasteiger partial charge in [-0.2, -0.15) is 0 Å². The van der Waals surface area contributed by atoms with E-state index < -0.39 is 18.1 Å². The molecular weight excluding hydrogens is 577 g/mol. The molecule has 1 aromatic heterocycles. The monoisotopic (exact) mass is 600 g/mol.